The van der Waals surface area contributed by atoms with Crippen molar-refractivity contribution in [3.8, 4) is 0 Å². The lowest BCUT2D eigenvalue weighted by Crippen LogP contribution is -2.21. The first kappa shape index (κ1) is 15.4. The van der Waals surface area contributed by atoms with Crippen LogP contribution >= 0.6 is 0 Å². The Kier molecular flexibility index (Phi) is 4.74. The van der Waals surface area contributed by atoms with E-state index < -0.39 is 17.8 Å². The van der Waals surface area contributed by atoms with Gasteiger partial charge in [0.25, 0.3) is 0 Å². The fraction of sp³-hybridized carbons (Fsp3) is 0.625. The Morgan fingerprint density at radius 3 is 2.40 bits per heavy atom. The average Bonchev–Trinajstić information content (AvgIpc) is 2.46. The smallest absolute Gasteiger partial charge is 0.388 e. The summed E-state index contributed by atoms with van der Waals surface area (Å²) in [5.41, 5.74) is -0.0664. The second kappa shape index (κ2) is 6.17. The second-order valence-electron chi connectivity index (χ2n) is 5.77. The molecule has 20 heavy (non-hydrogen) atoms. The zero-order valence-electron chi connectivity index (χ0n) is 11.7. The Labute approximate surface area is 117 Å². The van der Waals surface area contributed by atoms with Crippen molar-refractivity contribution in [1.82, 2.24) is 0 Å². The van der Waals surface area contributed by atoms with E-state index in [1.54, 1.807) is 0 Å². The van der Waals surface area contributed by atoms with E-state index in [9.17, 15) is 18.3 Å². The predicted octanol–water partition coefficient (Wildman–Crippen LogP) is 4.96. The van der Waals surface area contributed by atoms with Crippen LogP contribution in [0.5, 0.6) is 0 Å². The van der Waals surface area contributed by atoms with E-state index in [4.69, 9.17) is 0 Å². The molecule has 3 unspecified atom stereocenters. The molecule has 1 nitrogen and oxygen atoms in total. The highest BCUT2D eigenvalue weighted by molar-refractivity contribution is 5.26. The van der Waals surface area contributed by atoms with Crippen LogP contribution in [0.3, 0.4) is 0 Å². The number of halogens is 3. The van der Waals surface area contributed by atoms with Gasteiger partial charge in [-0.1, -0.05) is 38.3 Å². The number of rotatable bonds is 3. The van der Waals surface area contributed by atoms with E-state index in [1.807, 2.05) is 0 Å². The fourth-order valence-electron chi connectivity index (χ4n) is 3.13. The Morgan fingerprint density at radius 2 is 1.85 bits per heavy atom. The largest absolute Gasteiger partial charge is 0.416 e. The number of benzene rings is 1. The molecule has 1 N–H and O–H groups in total. The van der Waals surface area contributed by atoms with Gasteiger partial charge in [-0.2, -0.15) is 13.2 Å². The van der Waals surface area contributed by atoms with E-state index in [1.165, 1.54) is 18.6 Å². The normalized spacial score (nSPS) is 25.4. The van der Waals surface area contributed by atoms with Crippen molar-refractivity contribution >= 4 is 0 Å². The van der Waals surface area contributed by atoms with Gasteiger partial charge >= 0.3 is 6.18 Å². The summed E-state index contributed by atoms with van der Waals surface area (Å²) in [7, 11) is 0. The first-order valence-electron chi connectivity index (χ1n) is 7.27. The van der Waals surface area contributed by atoms with Gasteiger partial charge in [-0.25, -0.2) is 0 Å². The minimum atomic E-state index is -4.32. The number of hydrogen-bond donors (Lipinski definition) is 1. The lowest BCUT2D eigenvalue weighted by molar-refractivity contribution is -0.137. The van der Waals surface area contributed by atoms with Crippen LogP contribution in [0.4, 0.5) is 13.2 Å². The maximum Gasteiger partial charge on any atom is 0.416 e. The standard InChI is InChI=1S/C16H21F3O/c1-2-11-4-3-5-13(10-11)15(20)12-6-8-14(9-7-12)16(17,18)19/h6-9,11,13,15,20H,2-5,10H2,1H3. The third-order valence-corrected chi connectivity index (χ3v) is 4.43. The highest BCUT2D eigenvalue weighted by Gasteiger charge is 2.31. The zero-order valence-corrected chi connectivity index (χ0v) is 11.7. The summed E-state index contributed by atoms with van der Waals surface area (Å²) in [5, 5.41) is 10.4. The Morgan fingerprint density at radius 1 is 1.20 bits per heavy atom. The average molecular weight is 286 g/mol. The SMILES string of the molecule is CCC1CCCC(C(O)c2ccc(C(F)(F)F)cc2)C1. The minimum absolute atomic E-state index is 0.172. The van der Waals surface area contributed by atoms with Gasteiger partial charge in [0.15, 0.2) is 0 Å². The molecule has 0 radical (unpaired) electrons. The molecule has 1 fully saturated rings. The molecule has 0 aromatic heterocycles. The molecule has 0 bridgehead atoms. The summed E-state index contributed by atoms with van der Waals surface area (Å²) < 4.78 is 37.5. The molecule has 4 heteroatoms. The van der Waals surface area contributed by atoms with Gasteiger partial charge in [0.2, 0.25) is 0 Å². The van der Waals surface area contributed by atoms with E-state index in [0.717, 1.165) is 37.8 Å². The molecular formula is C16H21F3O. The second-order valence-corrected chi connectivity index (χ2v) is 5.77. The fourth-order valence-corrected chi connectivity index (χ4v) is 3.13. The van der Waals surface area contributed by atoms with Gasteiger partial charge in [0.05, 0.1) is 11.7 Å². The van der Waals surface area contributed by atoms with Crippen LogP contribution in [0.25, 0.3) is 0 Å². The highest BCUT2D eigenvalue weighted by atomic mass is 19.4. The number of aliphatic hydroxyl groups is 1. The van der Waals surface area contributed by atoms with Crippen LogP contribution in [0.1, 0.15) is 56.3 Å². The zero-order chi connectivity index (χ0) is 14.8. The third kappa shape index (κ3) is 3.54. The summed E-state index contributed by atoms with van der Waals surface area (Å²) in [5.74, 6) is 0.809. The van der Waals surface area contributed by atoms with Gasteiger partial charge in [0.1, 0.15) is 0 Å². The van der Waals surface area contributed by atoms with Crippen LogP contribution in [-0.2, 0) is 6.18 Å². The van der Waals surface area contributed by atoms with Crippen molar-refractivity contribution in [3.05, 3.63) is 35.4 Å². The van der Waals surface area contributed by atoms with E-state index in [2.05, 4.69) is 6.92 Å². The molecule has 0 amide bonds. The van der Waals surface area contributed by atoms with Crippen molar-refractivity contribution in [1.29, 1.82) is 0 Å². The molecule has 1 aliphatic rings. The van der Waals surface area contributed by atoms with E-state index >= 15 is 0 Å². The number of aliphatic hydroxyl groups excluding tert-OH is 1. The van der Waals surface area contributed by atoms with E-state index in [0.29, 0.717) is 11.5 Å². The van der Waals surface area contributed by atoms with Crippen LogP contribution in [0, 0.1) is 11.8 Å². The molecule has 112 valence electrons. The van der Waals surface area contributed by atoms with Gasteiger partial charge in [-0.05, 0) is 42.4 Å². The molecule has 0 spiro atoms. The molecule has 1 aromatic carbocycles. The first-order valence-corrected chi connectivity index (χ1v) is 7.27. The molecule has 1 aromatic rings. The molecule has 2 rings (SSSR count). The molecule has 3 atom stereocenters. The van der Waals surface area contributed by atoms with Crippen molar-refractivity contribution in [2.45, 2.75) is 51.3 Å². The van der Waals surface area contributed by atoms with Crippen molar-refractivity contribution < 1.29 is 18.3 Å². The van der Waals surface area contributed by atoms with Crippen LogP contribution in [-0.4, -0.2) is 5.11 Å². The molecule has 1 saturated carbocycles. The van der Waals surface area contributed by atoms with Gasteiger partial charge in [-0.3, -0.25) is 0 Å². The molecular weight excluding hydrogens is 265 g/mol. The Hall–Kier alpha value is -1.03. The quantitative estimate of drug-likeness (QED) is 0.833. The maximum atomic E-state index is 12.5. The molecule has 0 heterocycles. The van der Waals surface area contributed by atoms with Gasteiger partial charge in [-0.15, -0.1) is 0 Å². The van der Waals surface area contributed by atoms with Crippen LogP contribution in [0.15, 0.2) is 24.3 Å². The first-order chi connectivity index (χ1) is 9.41. The summed E-state index contributed by atoms with van der Waals surface area (Å²) in [6.45, 7) is 2.15. The lowest BCUT2D eigenvalue weighted by Gasteiger charge is -2.32. The monoisotopic (exact) mass is 286 g/mol. The molecule has 0 aliphatic heterocycles. The number of alkyl halides is 3. The van der Waals surface area contributed by atoms with Crippen LogP contribution < -0.4 is 0 Å². The molecule has 1 aliphatic carbocycles. The third-order valence-electron chi connectivity index (χ3n) is 4.43. The summed E-state index contributed by atoms with van der Waals surface area (Å²) in [4.78, 5) is 0. The highest BCUT2D eigenvalue weighted by Crippen LogP contribution is 2.39. The lowest BCUT2D eigenvalue weighted by atomic mass is 9.76. The topological polar surface area (TPSA) is 20.2 Å². The van der Waals surface area contributed by atoms with Crippen molar-refractivity contribution in [2.24, 2.45) is 11.8 Å². The summed E-state index contributed by atoms with van der Waals surface area (Å²) in [6, 6.07) is 4.92. The Balaban J connectivity index is 2.07. The Bertz CT molecular complexity index is 424. The van der Waals surface area contributed by atoms with Gasteiger partial charge in [0, 0.05) is 0 Å². The minimum Gasteiger partial charge on any atom is -0.388 e. The van der Waals surface area contributed by atoms with Crippen LogP contribution in [0.2, 0.25) is 0 Å². The maximum absolute atomic E-state index is 12.5. The molecule has 0 saturated heterocycles. The van der Waals surface area contributed by atoms with Gasteiger partial charge < -0.3 is 5.11 Å². The van der Waals surface area contributed by atoms with E-state index in [-0.39, 0.29) is 5.92 Å². The predicted molar refractivity (Wildman–Crippen MR) is 72.1 cm³/mol. The van der Waals surface area contributed by atoms with Crippen molar-refractivity contribution in [3.63, 3.8) is 0 Å². The summed E-state index contributed by atoms with van der Waals surface area (Å²) >= 11 is 0. The van der Waals surface area contributed by atoms with Crippen molar-refractivity contribution in [2.75, 3.05) is 0 Å². The number of hydrogen-bond acceptors (Lipinski definition) is 1. The summed E-state index contributed by atoms with van der Waals surface area (Å²) in [6.07, 6.45) is 0.370.